The molecule has 2 amide bonds. The number of hydrogen-bond donors (Lipinski definition) is 2. The van der Waals surface area contributed by atoms with E-state index in [1.807, 2.05) is 18.2 Å². The standard InChI is InChI=1S/C21H28N2O4/c24-19(22-18-12-6-2-5-11-17(18)21(26)27)16-10-7-13-23(14-16)20(25)15-8-3-1-4-9-15/h1,3-4,8-9,16-18H,2,5-7,10-14H2,(H,22,24)(H,26,27)/t16?,17-,18+/m1/s1. The summed E-state index contributed by atoms with van der Waals surface area (Å²) in [4.78, 5) is 38.8. The Kier molecular flexibility index (Phi) is 6.48. The van der Waals surface area contributed by atoms with Crippen molar-refractivity contribution in [3.05, 3.63) is 35.9 Å². The van der Waals surface area contributed by atoms with Crippen LogP contribution in [0.15, 0.2) is 30.3 Å². The second-order valence-corrected chi connectivity index (χ2v) is 7.65. The van der Waals surface area contributed by atoms with Crippen LogP contribution < -0.4 is 5.32 Å². The molecule has 0 radical (unpaired) electrons. The summed E-state index contributed by atoms with van der Waals surface area (Å²) in [5.74, 6) is -1.78. The molecule has 1 aromatic rings. The molecule has 1 aromatic carbocycles. The number of amides is 2. The molecule has 3 atom stereocenters. The highest BCUT2D eigenvalue weighted by molar-refractivity contribution is 5.94. The molecule has 1 saturated heterocycles. The number of benzene rings is 1. The smallest absolute Gasteiger partial charge is 0.308 e. The van der Waals surface area contributed by atoms with Crippen LogP contribution in [0.4, 0.5) is 0 Å². The fourth-order valence-electron chi connectivity index (χ4n) is 4.22. The molecule has 1 heterocycles. The number of likely N-dealkylation sites (tertiary alicyclic amines) is 1. The molecule has 1 aliphatic carbocycles. The SMILES string of the molecule is O=C(N[C@H]1CCCCC[C@H]1C(=O)O)C1CCCN(C(=O)c2ccccc2)C1. The van der Waals surface area contributed by atoms with Crippen molar-refractivity contribution in [1.82, 2.24) is 10.2 Å². The lowest BCUT2D eigenvalue weighted by Gasteiger charge is -2.33. The highest BCUT2D eigenvalue weighted by Crippen LogP contribution is 2.25. The van der Waals surface area contributed by atoms with Gasteiger partial charge < -0.3 is 15.3 Å². The molecule has 146 valence electrons. The van der Waals surface area contributed by atoms with E-state index >= 15 is 0 Å². The highest BCUT2D eigenvalue weighted by atomic mass is 16.4. The third kappa shape index (κ3) is 4.87. The van der Waals surface area contributed by atoms with Crippen molar-refractivity contribution in [2.24, 2.45) is 11.8 Å². The average Bonchev–Trinajstić information content (AvgIpc) is 2.93. The predicted molar refractivity (Wildman–Crippen MR) is 101 cm³/mol. The summed E-state index contributed by atoms with van der Waals surface area (Å²) in [7, 11) is 0. The molecule has 0 aromatic heterocycles. The molecule has 0 bridgehead atoms. The van der Waals surface area contributed by atoms with Gasteiger partial charge >= 0.3 is 5.97 Å². The first-order chi connectivity index (χ1) is 13.1. The molecule has 2 fully saturated rings. The fraction of sp³-hybridized carbons (Fsp3) is 0.571. The van der Waals surface area contributed by atoms with Crippen molar-refractivity contribution in [3.63, 3.8) is 0 Å². The Hall–Kier alpha value is -2.37. The van der Waals surface area contributed by atoms with Gasteiger partial charge in [0.2, 0.25) is 5.91 Å². The van der Waals surface area contributed by atoms with E-state index in [0.29, 0.717) is 31.5 Å². The van der Waals surface area contributed by atoms with Crippen LogP contribution in [-0.4, -0.2) is 46.9 Å². The van der Waals surface area contributed by atoms with Gasteiger partial charge in [0.25, 0.3) is 5.91 Å². The third-order valence-corrected chi connectivity index (χ3v) is 5.76. The van der Waals surface area contributed by atoms with Gasteiger partial charge in [-0.2, -0.15) is 0 Å². The molecule has 0 spiro atoms. The van der Waals surface area contributed by atoms with Crippen molar-refractivity contribution < 1.29 is 19.5 Å². The largest absolute Gasteiger partial charge is 0.481 e. The summed E-state index contributed by atoms with van der Waals surface area (Å²) >= 11 is 0. The van der Waals surface area contributed by atoms with Crippen LogP contribution in [0.2, 0.25) is 0 Å². The second kappa shape index (κ2) is 9.02. The van der Waals surface area contributed by atoms with Crippen LogP contribution in [0, 0.1) is 11.8 Å². The molecular weight excluding hydrogens is 344 g/mol. The van der Waals surface area contributed by atoms with Crippen LogP contribution >= 0.6 is 0 Å². The molecule has 2 aliphatic rings. The number of carboxylic acid groups (broad SMARTS) is 1. The van der Waals surface area contributed by atoms with Gasteiger partial charge in [-0.15, -0.1) is 0 Å². The minimum atomic E-state index is -0.827. The van der Waals surface area contributed by atoms with Crippen molar-refractivity contribution >= 4 is 17.8 Å². The van der Waals surface area contributed by atoms with Gasteiger partial charge in [-0.05, 0) is 37.8 Å². The Balaban J connectivity index is 1.62. The third-order valence-electron chi connectivity index (χ3n) is 5.76. The monoisotopic (exact) mass is 372 g/mol. The summed E-state index contributed by atoms with van der Waals surface area (Å²) in [6.07, 6.45) is 5.69. The van der Waals surface area contributed by atoms with Gasteiger partial charge in [0.05, 0.1) is 11.8 Å². The number of rotatable bonds is 4. The molecule has 2 N–H and O–H groups in total. The Morgan fingerprint density at radius 1 is 0.963 bits per heavy atom. The zero-order valence-electron chi connectivity index (χ0n) is 15.6. The quantitative estimate of drug-likeness (QED) is 0.796. The van der Waals surface area contributed by atoms with Crippen LogP contribution in [0.1, 0.15) is 55.3 Å². The lowest BCUT2D eigenvalue weighted by molar-refractivity contribution is -0.143. The molecule has 1 unspecified atom stereocenters. The summed E-state index contributed by atoms with van der Waals surface area (Å²) in [6, 6.07) is 8.80. The molecular formula is C21H28N2O4. The van der Waals surface area contributed by atoms with Gasteiger partial charge in [-0.25, -0.2) is 0 Å². The number of aliphatic carboxylic acids is 1. The Bertz CT molecular complexity index is 676. The zero-order chi connectivity index (χ0) is 19.2. The van der Waals surface area contributed by atoms with E-state index in [1.165, 1.54) is 0 Å². The van der Waals surface area contributed by atoms with Gasteiger partial charge in [-0.1, -0.05) is 37.5 Å². The van der Waals surface area contributed by atoms with E-state index < -0.39 is 11.9 Å². The number of carbonyl (C=O) groups is 3. The summed E-state index contributed by atoms with van der Waals surface area (Å²) in [5.41, 5.74) is 0.633. The molecule has 1 saturated carbocycles. The van der Waals surface area contributed by atoms with Gasteiger partial charge in [0.1, 0.15) is 0 Å². The van der Waals surface area contributed by atoms with Gasteiger partial charge in [0, 0.05) is 24.7 Å². The number of carboxylic acids is 1. The van der Waals surface area contributed by atoms with Crippen molar-refractivity contribution in [3.8, 4) is 0 Å². The van der Waals surface area contributed by atoms with E-state index in [9.17, 15) is 19.5 Å². The summed E-state index contributed by atoms with van der Waals surface area (Å²) in [5, 5.41) is 12.5. The van der Waals surface area contributed by atoms with E-state index in [4.69, 9.17) is 0 Å². The Morgan fingerprint density at radius 3 is 2.44 bits per heavy atom. The van der Waals surface area contributed by atoms with Crippen LogP contribution in [0.3, 0.4) is 0 Å². The summed E-state index contributed by atoms with van der Waals surface area (Å²) < 4.78 is 0. The molecule has 3 rings (SSSR count). The Morgan fingerprint density at radius 2 is 1.70 bits per heavy atom. The summed E-state index contributed by atoms with van der Waals surface area (Å²) in [6.45, 7) is 1.04. The lowest BCUT2D eigenvalue weighted by Crippen LogP contribution is -2.50. The van der Waals surface area contributed by atoms with Crippen LogP contribution in [0.5, 0.6) is 0 Å². The minimum absolute atomic E-state index is 0.0500. The highest BCUT2D eigenvalue weighted by Gasteiger charge is 2.34. The second-order valence-electron chi connectivity index (χ2n) is 7.65. The minimum Gasteiger partial charge on any atom is -0.481 e. The van der Waals surface area contributed by atoms with E-state index in [1.54, 1.807) is 17.0 Å². The molecule has 6 nitrogen and oxygen atoms in total. The van der Waals surface area contributed by atoms with E-state index in [0.717, 1.165) is 32.1 Å². The number of nitrogens with one attached hydrogen (secondary N) is 1. The number of carbonyl (C=O) groups excluding carboxylic acids is 2. The predicted octanol–water partition coefficient (Wildman–Crippen LogP) is 2.69. The maximum atomic E-state index is 12.8. The van der Waals surface area contributed by atoms with E-state index in [-0.39, 0.29) is 23.8 Å². The van der Waals surface area contributed by atoms with Crippen molar-refractivity contribution in [2.75, 3.05) is 13.1 Å². The topological polar surface area (TPSA) is 86.7 Å². The van der Waals surface area contributed by atoms with Crippen molar-refractivity contribution in [1.29, 1.82) is 0 Å². The zero-order valence-corrected chi connectivity index (χ0v) is 15.6. The number of piperidine rings is 1. The van der Waals surface area contributed by atoms with Crippen molar-refractivity contribution in [2.45, 2.75) is 51.0 Å². The maximum absolute atomic E-state index is 12.8. The first kappa shape index (κ1) is 19.4. The fourth-order valence-corrected chi connectivity index (χ4v) is 4.22. The maximum Gasteiger partial charge on any atom is 0.308 e. The number of hydrogen-bond acceptors (Lipinski definition) is 3. The molecule has 6 heteroatoms. The Labute approximate surface area is 159 Å². The first-order valence-corrected chi connectivity index (χ1v) is 9.94. The average molecular weight is 372 g/mol. The first-order valence-electron chi connectivity index (χ1n) is 9.94. The van der Waals surface area contributed by atoms with Gasteiger partial charge in [-0.3, -0.25) is 14.4 Å². The lowest BCUT2D eigenvalue weighted by atomic mass is 9.92. The van der Waals surface area contributed by atoms with E-state index in [2.05, 4.69) is 5.32 Å². The van der Waals surface area contributed by atoms with Crippen LogP contribution in [0.25, 0.3) is 0 Å². The number of nitrogens with zero attached hydrogens (tertiary/aromatic N) is 1. The van der Waals surface area contributed by atoms with Crippen LogP contribution in [-0.2, 0) is 9.59 Å². The molecule has 27 heavy (non-hydrogen) atoms. The van der Waals surface area contributed by atoms with Gasteiger partial charge in [0.15, 0.2) is 0 Å². The normalized spacial score (nSPS) is 26.1. The molecule has 1 aliphatic heterocycles.